The van der Waals surface area contributed by atoms with Gasteiger partial charge >= 0.3 is 11.9 Å². The minimum atomic E-state index is -0.997. The zero-order valence-corrected chi connectivity index (χ0v) is 20.4. The molecular weight excluding hydrogens is 484 g/mol. The molecule has 2 heterocycles. The van der Waals surface area contributed by atoms with Gasteiger partial charge in [0.05, 0.1) is 34.8 Å². The number of ether oxygens (including phenoxy) is 2. The molecule has 186 valence electrons. The summed E-state index contributed by atoms with van der Waals surface area (Å²) in [6, 6.07) is 12.2. The number of hydrogen-bond acceptors (Lipinski definition) is 9. The second-order valence-electron chi connectivity index (χ2n) is 7.83. The van der Waals surface area contributed by atoms with E-state index < -0.39 is 23.4 Å². The summed E-state index contributed by atoms with van der Waals surface area (Å²) in [5.41, 5.74) is 7.03. The number of nitrogens with zero attached hydrogens (tertiary/aromatic N) is 1. The first-order valence-corrected chi connectivity index (χ1v) is 12.0. The van der Waals surface area contributed by atoms with Crippen molar-refractivity contribution in [3.63, 3.8) is 0 Å². The maximum Gasteiger partial charge on any atom is 0.338 e. The van der Waals surface area contributed by atoms with E-state index in [0.29, 0.717) is 11.1 Å². The van der Waals surface area contributed by atoms with Gasteiger partial charge in [-0.3, -0.25) is 9.36 Å². The standard InChI is InChI=1S/C26H24N2O7S/c1-3-34-25(32)20-19(15-7-11-17(30)12-8-15)21(26(33)35-4-2)24-28(22(20)27)23(31)18(36-24)13-14-5-9-16(29)10-6-14/h5-13,19,29-30H,3-4,27H2,1-2H3/b18-13-. The molecule has 1 unspecified atom stereocenters. The van der Waals surface area contributed by atoms with Crippen LogP contribution in [0.3, 0.4) is 0 Å². The predicted molar refractivity (Wildman–Crippen MR) is 134 cm³/mol. The number of esters is 2. The van der Waals surface area contributed by atoms with Crippen LogP contribution >= 0.6 is 11.3 Å². The molecule has 2 aromatic carbocycles. The first-order valence-electron chi connectivity index (χ1n) is 11.2. The molecule has 0 bridgehead atoms. The molecule has 1 aliphatic heterocycles. The van der Waals surface area contributed by atoms with Gasteiger partial charge in [-0.15, -0.1) is 11.3 Å². The number of carbonyl (C=O) groups excluding carboxylic acids is 2. The minimum Gasteiger partial charge on any atom is -0.508 e. The lowest BCUT2D eigenvalue weighted by molar-refractivity contribution is -0.138. The fourth-order valence-electron chi connectivity index (χ4n) is 3.98. The van der Waals surface area contributed by atoms with Gasteiger partial charge in [0.15, 0.2) is 0 Å². The minimum absolute atomic E-state index is 0.000645. The Morgan fingerprint density at radius 2 is 1.47 bits per heavy atom. The highest BCUT2D eigenvalue weighted by molar-refractivity contribution is 7.07. The maximum absolute atomic E-state index is 13.5. The Morgan fingerprint density at radius 1 is 0.944 bits per heavy atom. The van der Waals surface area contributed by atoms with Gasteiger partial charge in [-0.2, -0.15) is 0 Å². The number of hydrogen-bond donors (Lipinski definition) is 3. The van der Waals surface area contributed by atoms with Crippen LogP contribution < -0.4 is 20.5 Å². The zero-order valence-electron chi connectivity index (χ0n) is 19.6. The summed E-state index contributed by atoms with van der Waals surface area (Å²) in [6.45, 7) is 3.41. The maximum atomic E-state index is 13.5. The third-order valence-electron chi connectivity index (χ3n) is 5.56. The van der Waals surface area contributed by atoms with Crippen molar-refractivity contribution in [1.29, 1.82) is 0 Å². The Labute approximate surface area is 209 Å². The molecule has 1 aromatic heterocycles. The number of aromatic hydroxyl groups is 2. The average Bonchev–Trinajstić information content (AvgIpc) is 3.17. The van der Waals surface area contributed by atoms with Gasteiger partial charge < -0.3 is 25.4 Å². The Morgan fingerprint density at radius 3 is 2.03 bits per heavy atom. The van der Waals surface area contributed by atoms with Gasteiger partial charge in [-0.1, -0.05) is 24.3 Å². The molecule has 9 nitrogen and oxygen atoms in total. The average molecular weight is 509 g/mol. The van der Waals surface area contributed by atoms with E-state index in [1.54, 1.807) is 44.2 Å². The monoisotopic (exact) mass is 508 g/mol. The van der Waals surface area contributed by atoms with E-state index in [1.165, 1.54) is 24.3 Å². The van der Waals surface area contributed by atoms with Crippen LogP contribution in [-0.2, 0) is 19.1 Å². The molecule has 10 heteroatoms. The second-order valence-corrected chi connectivity index (χ2v) is 8.86. The fraction of sp³-hybridized carbons (Fsp3) is 0.192. The summed E-state index contributed by atoms with van der Waals surface area (Å²) in [5.74, 6) is -2.56. The first-order chi connectivity index (χ1) is 17.3. The smallest absolute Gasteiger partial charge is 0.338 e. The lowest BCUT2D eigenvalue weighted by atomic mass is 9.83. The molecule has 0 amide bonds. The summed E-state index contributed by atoms with van der Waals surface area (Å²) in [4.78, 5) is 39.9. The highest BCUT2D eigenvalue weighted by atomic mass is 32.1. The van der Waals surface area contributed by atoms with E-state index in [9.17, 15) is 24.6 Å². The third kappa shape index (κ3) is 4.50. The van der Waals surface area contributed by atoms with Crippen molar-refractivity contribution in [1.82, 2.24) is 4.57 Å². The molecule has 1 atom stereocenters. The van der Waals surface area contributed by atoms with Crippen molar-refractivity contribution in [2.75, 3.05) is 13.2 Å². The molecule has 0 fully saturated rings. The lowest BCUT2D eigenvalue weighted by Gasteiger charge is -2.27. The fourth-order valence-corrected chi connectivity index (χ4v) is 5.15. The Kier molecular flexibility index (Phi) is 6.98. The summed E-state index contributed by atoms with van der Waals surface area (Å²) < 4.78 is 12.2. The molecule has 0 saturated carbocycles. The van der Waals surface area contributed by atoms with E-state index >= 15 is 0 Å². The molecule has 4 rings (SSSR count). The van der Waals surface area contributed by atoms with Crippen molar-refractivity contribution < 1.29 is 29.3 Å². The number of phenolic OH excluding ortho intramolecular Hbond substituents is 2. The summed E-state index contributed by atoms with van der Waals surface area (Å²) in [5, 5.41) is 19.3. The summed E-state index contributed by atoms with van der Waals surface area (Å²) in [6.07, 6.45) is 1.60. The largest absolute Gasteiger partial charge is 0.508 e. The van der Waals surface area contributed by atoms with Crippen LogP contribution in [0.5, 0.6) is 11.5 Å². The molecule has 3 aromatic rings. The van der Waals surface area contributed by atoms with E-state index in [0.717, 1.165) is 15.9 Å². The van der Waals surface area contributed by atoms with Crippen LogP contribution in [-0.4, -0.2) is 39.9 Å². The van der Waals surface area contributed by atoms with Crippen LogP contribution in [0.25, 0.3) is 17.5 Å². The van der Waals surface area contributed by atoms with Gasteiger partial charge in [-0.25, -0.2) is 9.59 Å². The summed E-state index contributed by atoms with van der Waals surface area (Å²) >= 11 is 1.03. The normalized spacial score (nSPS) is 15.6. The van der Waals surface area contributed by atoms with Gasteiger partial charge in [-0.05, 0) is 55.3 Å². The third-order valence-corrected chi connectivity index (χ3v) is 6.66. The highest BCUT2D eigenvalue weighted by Crippen LogP contribution is 2.38. The van der Waals surface area contributed by atoms with Crippen molar-refractivity contribution in [3.8, 4) is 11.5 Å². The van der Waals surface area contributed by atoms with Gasteiger partial charge in [0.2, 0.25) is 0 Å². The van der Waals surface area contributed by atoms with Crippen LogP contribution in [0.2, 0.25) is 0 Å². The number of carbonyl (C=O) groups is 2. The number of phenols is 2. The van der Waals surface area contributed by atoms with Crippen molar-refractivity contribution >= 4 is 40.7 Å². The van der Waals surface area contributed by atoms with E-state index in [1.807, 2.05) is 0 Å². The second kappa shape index (κ2) is 10.1. The van der Waals surface area contributed by atoms with Gasteiger partial charge in [0.25, 0.3) is 5.56 Å². The number of nitrogens with two attached hydrogens (primary N) is 1. The predicted octanol–water partition coefficient (Wildman–Crippen LogP) is 1.35. The Bertz CT molecular complexity index is 1530. The van der Waals surface area contributed by atoms with Crippen LogP contribution in [0.1, 0.15) is 30.9 Å². The highest BCUT2D eigenvalue weighted by Gasteiger charge is 2.39. The molecule has 0 aliphatic carbocycles. The molecule has 4 N–H and O–H groups in total. The molecule has 0 spiro atoms. The van der Waals surface area contributed by atoms with Gasteiger partial charge in [0, 0.05) is 0 Å². The van der Waals surface area contributed by atoms with Crippen LogP contribution in [0.15, 0.2) is 58.9 Å². The molecule has 0 saturated heterocycles. The lowest BCUT2D eigenvalue weighted by Crippen LogP contribution is -2.42. The Hall–Kier alpha value is -4.31. The van der Waals surface area contributed by atoms with Crippen molar-refractivity contribution in [2.24, 2.45) is 5.73 Å². The van der Waals surface area contributed by atoms with E-state index in [-0.39, 0.29) is 50.9 Å². The SMILES string of the molecule is CCOC(=O)C1=C(N)n2c(s/c(=C\c3ccc(O)cc3)c2=O)=C(C(=O)OCC)C1c1ccc(O)cc1. The zero-order chi connectivity index (χ0) is 26.0. The molecule has 36 heavy (non-hydrogen) atoms. The number of aromatic nitrogens is 1. The van der Waals surface area contributed by atoms with Gasteiger partial charge in [0.1, 0.15) is 22.0 Å². The van der Waals surface area contributed by atoms with E-state index in [4.69, 9.17) is 15.2 Å². The van der Waals surface area contributed by atoms with Crippen LogP contribution in [0, 0.1) is 0 Å². The number of thiazole rings is 1. The molecule has 0 radical (unpaired) electrons. The topological polar surface area (TPSA) is 141 Å². The quantitative estimate of drug-likeness (QED) is 0.424. The van der Waals surface area contributed by atoms with Crippen molar-refractivity contribution in [2.45, 2.75) is 19.8 Å². The molecular formula is C26H24N2O7S. The van der Waals surface area contributed by atoms with Crippen molar-refractivity contribution in [3.05, 3.63) is 84.8 Å². The first kappa shape index (κ1) is 24.8. The van der Waals surface area contributed by atoms with E-state index in [2.05, 4.69) is 0 Å². The summed E-state index contributed by atoms with van der Waals surface area (Å²) in [7, 11) is 0. The Balaban J connectivity index is 2.10. The number of rotatable bonds is 6. The van der Waals surface area contributed by atoms with Crippen LogP contribution in [0.4, 0.5) is 0 Å². The number of fused-ring (bicyclic) bond motifs is 1. The number of benzene rings is 2. The molecule has 1 aliphatic rings.